The molecule has 5 nitrogen and oxygen atoms in total. The number of rotatable bonds is 3. The minimum atomic E-state index is 0.552. The number of ether oxygens (including phenoxy) is 2. The van der Waals surface area contributed by atoms with Crippen LogP contribution in [0.1, 0.15) is 5.56 Å². The van der Waals surface area contributed by atoms with Gasteiger partial charge in [0, 0.05) is 23.5 Å². The normalized spacial score (nSPS) is 12.9. The van der Waals surface area contributed by atoms with E-state index in [1.807, 2.05) is 40.9 Å². The van der Waals surface area contributed by atoms with Gasteiger partial charge in [0.15, 0.2) is 11.5 Å². The first-order valence-electron chi connectivity index (χ1n) is 9.09. The van der Waals surface area contributed by atoms with Crippen LogP contribution in [0.5, 0.6) is 11.5 Å². The fraction of sp³-hybridized carbons (Fsp3) is 0.136. The van der Waals surface area contributed by atoms with Crippen LogP contribution in [-0.4, -0.2) is 22.6 Å². The van der Waals surface area contributed by atoms with Gasteiger partial charge in [-0.3, -0.25) is 4.40 Å². The van der Waals surface area contributed by atoms with Crippen molar-refractivity contribution in [2.45, 2.75) is 6.92 Å². The minimum Gasteiger partial charge on any atom is -0.486 e. The minimum absolute atomic E-state index is 0.552. The van der Waals surface area contributed by atoms with Gasteiger partial charge in [-0.15, -0.1) is 0 Å². The van der Waals surface area contributed by atoms with Crippen molar-refractivity contribution in [3.8, 4) is 22.8 Å². The van der Waals surface area contributed by atoms with E-state index >= 15 is 0 Å². The van der Waals surface area contributed by atoms with Gasteiger partial charge in [0.25, 0.3) is 0 Å². The van der Waals surface area contributed by atoms with Gasteiger partial charge in [-0.25, -0.2) is 4.98 Å². The molecule has 3 heterocycles. The number of aryl methyl sites for hydroxylation is 1. The molecule has 0 saturated carbocycles. The molecule has 0 spiro atoms. The first-order valence-corrected chi connectivity index (χ1v) is 9.46. The standard InChI is InChI=1S/C22H18ClN3O2/c1-14-2-4-15(5-3-14)21-22(26-13-16(23)6-9-20(26)25-21)24-17-7-8-18-19(12-17)28-11-10-27-18/h2-9,12-13,24H,10-11H2,1H3. The lowest BCUT2D eigenvalue weighted by molar-refractivity contribution is 0.171. The van der Waals surface area contributed by atoms with Gasteiger partial charge >= 0.3 is 0 Å². The summed E-state index contributed by atoms with van der Waals surface area (Å²) in [5, 5.41) is 4.14. The summed E-state index contributed by atoms with van der Waals surface area (Å²) in [6.07, 6.45) is 1.86. The van der Waals surface area contributed by atoms with E-state index in [1.165, 1.54) is 5.56 Å². The van der Waals surface area contributed by atoms with Crippen LogP contribution in [0.4, 0.5) is 11.5 Å². The maximum absolute atomic E-state index is 6.25. The molecule has 140 valence electrons. The average molecular weight is 392 g/mol. The molecule has 4 aromatic rings. The number of nitrogens with zero attached hydrogens (tertiary/aromatic N) is 2. The summed E-state index contributed by atoms with van der Waals surface area (Å²) < 4.78 is 13.3. The van der Waals surface area contributed by atoms with Crippen molar-refractivity contribution >= 4 is 28.8 Å². The van der Waals surface area contributed by atoms with Crippen LogP contribution in [0.3, 0.4) is 0 Å². The maximum Gasteiger partial charge on any atom is 0.163 e. The second kappa shape index (κ2) is 6.77. The Hall–Kier alpha value is -3.18. The third kappa shape index (κ3) is 3.04. The van der Waals surface area contributed by atoms with E-state index in [1.54, 1.807) is 0 Å². The molecule has 1 aliphatic heterocycles. The largest absolute Gasteiger partial charge is 0.486 e. The highest BCUT2D eigenvalue weighted by Gasteiger charge is 2.17. The van der Waals surface area contributed by atoms with E-state index < -0.39 is 0 Å². The molecule has 1 N–H and O–H groups in total. The number of pyridine rings is 1. The number of aromatic nitrogens is 2. The summed E-state index contributed by atoms with van der Waals surface area (Å²) in [6, 6.07) is 17.9. The van der Waals surface area contributed by atoms with Crippen molar-refractivity contribution in [3.63, 3.8) is 0 Å². The van der Waals surface area contributed by atoms with Crippen molar-refractivity contribution < 1.29 is 9.47 Å². The summed E-state index contributed by atoms with van der Waals surface area (Å²) in [7, 11) is 0. The molecule has 1 aliphatic rings. The number of nitrogens with one attached hydrogen (secondary N) is 1. The van der Waals surface area contributed by atoms with E-state index in [4.69, 9.17) is 26.1 Å². The highest BCUT2D eigenvalue weighted by Crippen LogP contribution is 2.36. The zero-order valence-corrected chi connectivity index (χ0v) is 16.0. The summed E-state index contributed by atoms with van der Waals surface area (Å²) in [5.74, 6) is 2.34. The quantitative estimate of drug-likeness (QED) is 0.502. The van der Waals surface area contributed by atoms with Crippen LogP contribution in [-0.2, 0) is 0 Å². The molecule has 5 rings (SSSR count). The molecule has 6 heteroatoms. The van der Waals surface area contributed by atoms with Gasteiger partial charge in [0.05, 0.1) is 5.02 Å². The van der Waals surface area contributed by atoms with Crippen LogP contribution < -0.4 is 14.8 Å². The van der Waals surface area contributed by atoms with Gasteiger partial charge < -0.3 is 14.8 Å². The highest BCUT2D eigenvalue weighted by molar-refractivity contribution is 6.30. The van der Waals surface area contributed by atoms with Gasteiger partial charge in [0.2, 0.25) is 0 Å². The molecule has 2 aromatic carbocycles. The van der Waals surface area contributed by atoms with Gasteiger partial charge in [-0.2, -0.15) is 0 Å². The number of imidazole rings is 1. The molecule has 2 aromatic heterocycles. The number of benzene rings is 2. The zero-order chi connectivity index (χ0) is 19.1. The molecule has 28 heavy (non-hydrogen) atoms. The maximum atomic E-state index is 6.25. The molecule has 0 atom stereocenters. The lowest BCUT2D eigenvalue weighted by Gasteiger charge is -2.19. The third-order valence-electron chi connectivity index (χ3n) is 4.71. The molecule has 0 unspecified atom stereocenters. The fourth-order valence-electron chi connectivity index (χ4n) is 3.31. The fourth-order valence-corrected chi connectivity index (χ4v) is 3.47. The summed E-state index contributed by atoms with van der Waals surface area (Å²) in [6.45, 7) is 3.20. The molecule has 0 bridgehead atoms. The smallest absolute Gasteiger partial charge is 0.163 e. The lowest BCUT2D eigenvalue weighted by Crippen LogP contribution is -2.15. The summed E-state index contributed by atoms with van der Waals surface area (Å²) in [5.41, 5.74) is 4.80. The van der Waals surface area contributed by atoms with Crippen molar-refractivity contribution in [1.82, 2.24) is 9.38 Å². The first kappa shape index (κ1) is 17.0. The molecule has 0 saturated heterocycles. The van der Waals surface area contributed by atoms with Crippen LogP contribution in [0.15, 0.2) is 60.8 Å². The van der Waals surface area contributed by atoms with Crippen LogP contribution >= 0.6 is 11.6 Å². The lowest BCUT2D eigenvalue weighted by atomic mass is 10.1. The topological polar surface area (TPSA) is 47.8 Å². The predicted octanol–water partition coefficient (Wildman–Crippen LogP) is 5.48. The monoisotopic (exact) mass is 391 g/mol. The van der Waals surface area contributed by atoms with E-state index in [9.17, 15) is 0 Å². The third-order valence-corrected chi connectivity index (χ3v) is 4.94. The van der Waals surface area contributed by atoms with Crippen molar-refractivity contribution in [2.75, 3.05) is 18.5 Å². The molecule has 0 radical (unpaired) electrons. The van der Waals surface area contributed by atoms with Crippen LogP contribution in [0.25, 0.3) is 16.9 Å². The van der Waals surface area contributed by atoms with Gasteiger partial charge in [0.1, 0.15) is 30.4 Å². The second-order valence-electron chi connectivity index (χ2n) is 6.73. The number of fused-ring (bicyclic) bond motifs is 2. The molecule has 0 aliphatic carbocycles. The van der Waals surface area contributed by atoms with Crippen molar-refractivity contribution in [3.05, 3.63) is 71.4 Å². The number of hydrogen-bond acceptors (Lipinski definition) is 4. The van der Waals surface area contributed by atoms with E-state index in [0.717, 1.165) is 39.9 Å². The van der Waals surface area contributed by atoms with Gasteiger partial charge in [-0.05, 0) is 31.2 Å². The Morgan fingerprint density at radius 1 is 0.964 bits per heavy atom. The second-order valence-corrected chi connectivity index (χ2v) is 7.17. The molecule has 0 amide bonds. The Morgan fingerprint density at radius 2 is 1.75 bits per heavy atom. The predicted molar refractivity (Wildman–Crippen MR) is 111 cm³/mol. The zero-order valence-electron chi connectivity index (χ0n) is 15.3. The molecular weight excluding hydrogens is 374 g/mol. The van der Waals surface area contributed by atoms with Crippen molar-refractivity contribution in [2.24, 2.45) is 0 Å². The van der Waals surface area contributed by atoms with E-state index in [0.29, 0.717) is 18.2 Å². The Balaban J connectivity index is 1.63. The summed E-state index contributed by atoms with van der Waals surface area (Å²) in [4.78, 5) is 4.82. The summed E-state index contributed by atoms with van der Waals surface area (Å²) >= 11 is 6.25. The molecular formula is C22H18ClN3O2. The SMILES string of the molecule is Cc1ccc(-c2nc3ccc(Cl)cn3c2Nc2ccc3c(c2)OCCO3)cc1. The highest BCUT2D eigenvalue weighted by atomic mass is 35.5. The Morgan fingerprint density at radius 3 is 2.57 bits per heavy atom. The number of hydrogen-bond donors (Lipinski definition) is 1. The Labute approximate surface area is 167 Å². The number of halogens is 1. The van der Waals surface area contributed by atoms with Gasteiger partial charge in [-0.1, -0.05) is 41.4 Å². The van der Waals surface area contributed by atoms with E-state index in [2.05, 4.69) is 36.5 Å². The van der Waals surface area contributed by atoms with Crippen molar-refractivity contribution in [1.29, 1.82) is 0 Å². The average Bonchev–Trinajstić information content (AvgIpc) is 3.06. The molecule has 0 fully saturated rings. The Kier molecular flexibility index (Phi) is 4.10. The first-order chi connectivity index (χ1) is 13.7. The van der Waals surface area contributed by atoms with Crippen LogP contribution in [0, 0.1) is 6.92 Å². The number of anilines is 2. The van der Waals surface area contributed by atoms with Crippen LogP contribution in [0.2, 0.25) is 5.02 Å². The Bertz CT molecular complexity index is 1170. The van der Waals surface area contributed by atoms with E-state index in [-0.39, 0.29) is 0 Å².